The summed E-state index contributed by atoms with van der Waals surface area (Å²) in [6.07, 6.45) is 10.00. The van der Waals surface area contributed by atoms with E-state index in [9.17, 15) is 4.79 Å². The molecule has 0 aliphatic carbocycles. The number of carbonyl (C=O) groups is 1. The van der Waals surface area contributed by atoms with Crippen molar-refractivity contribution in [3.63, 3.8) is 0 Å². The highest BCUT2D eigenvalue weighted by Crippen LogP contribution is 2.27. The fourth-order valence-corrected chi connectivity index (χ4v) is 3.99. The van der Waals surface area contributed by atoms with Crippen LogP contribution in [0.5, 0.6) is 0 Å². The molecule has 1 aliphatic rings. The van der Waals surface area contributed by atoms with Gasteiger partial charge in [0.2, 0.25) is 0 Å². The van der Waals surface area contributed by atoms with Crippen LogP contribution in [0.15, 0.2) is 61.1 Å². The Labute approximate surface area is 180 Å². The summed E-state index contributed by atoms with van der Waals surface area (Å²) in [7, 11) is 0. The molecule has 7 nitrogen and oxygen atoms in total. The van der Waals surface area contributed by atoms with Crippen molar-refractivity contribution >= 4 is 11.6 Å². The first-order chi connectivity index (χ1) is 15.2. The van der Waals surface area contributed by atoms with Crippen LogP contribution in [0, 0.1) is 6.92 Å². The van der Waals surface area contributed by atoms with Crippen LogP contribution in [0.3, 0.4) is 0 Å². The zero-order valence-electron chi connectivity index (χ0n) is 17.5. The van der Waals surface area contributed by atoms with Gasteiger partial charge in [0, 0.05) is 48.5 Å². The van der Waals surface area contributed by atoms with Gasteiger partial charge in [-0.25, -0.2) is 0 Å². The highest BCUT2D eigenvalue weighted by atomic mass is 16.1. The molecule has 5 rings (SSSR count). The van der Waals surface area contributed by atoms with Crippen LogP contribution in [-0.2, 0) is 13.0 Å². The van der Waals surface area contributed by atoms with Gasteiger partial charge in [0.25, 0.3) is 5.91 Å². The maximum atomic E-state index is 12.9. The number of fused-ring (bicyclic) bond motifs is 1. The molecule has 156 valence electrons. The van der Waals surface area contributed by atoms with Crippen molar-refractivity contribution in [2.75, 3.05) is 5.32 Å². The van der Waals surface area contributed by atoms with E-state index in [1.807, 2.05) is 60.3 Å². The minimum absolute atomic E-state index is 0.241. The van der Waals surface area contributed by atoms with Gasteiger partial charge in [0.1, 0.15) is 11.5 Å². The Kier molecular flexibility index (Phi) is 5.08. The molecule has 7 heteroatoms. The topological polar surface area (TPSA) is 77.6 Å². The fraction of sp³-hybridized carbons (Fsp3) is 0.250. The predicted octanol–water partition coefficient (Wildman–Crippen LogP) is 4.42. The molecule has 1 amide bonds. The number of benzene rings is 1. The van der Waals surface area contributed by atoms with Gasteiger partial charge in [0.05, 0.1) is 0 Å². The molecule has 1 aliphatic heterocycles. The third-order valence-electron chi connectivity index (χ3n) is 5.73. The second-order valence-corrected chi connectivity index (χ2v) is 7.88. The molecule has 31 heavy (non-hydrogen) atoms. The van der Waals surface area contributed by atoms with Crippen LogP contribution in [0.1, 0.15) is 41.1 Å². The summed E-state index contributed by atoms with van der Waals surface area (Å²) in [4.78, 5) is 17.2. The lowest BCUT2D eigenvalue weighted by Crippen LogP contribution is -2.15. The van der Waals surface area contributed by atoms with Crippen LogP contribution in [0.25, 0.3) is 17.1 Å². The van der Waals surface area contributed by atoms with E-state index in [1.165, 1.54) is 6.42 Å². The molecule has 0 spiro atoms. The summed E-state index contributed by atoms with van der Waals surface area (Å²) < 4.78 is 4.16. The molecule has 0 saturated carbocycles. The normalized spacial score (nSPS) is 13.5. The van der Waals surface area contributed by atoms with E-state index in [0.717, 1.165) is 60.0 Å². The molecule has 4 heterocycles. The van der Waals surface area contributed by atoms with Gasteiger partial charge in [-0.15, -0.1) is 10.2 Å². The van der Waals surface area contributed by atoms with Crippen LogP contribution in [-0.4, -0.2) is 30.2 Å². The highest BCUT2D eigenvalue weighted by molar-refractivity contribution is 6.03. The smallest absolute Gasteiger partial charge is 0.274 e. The van der Waals surface area contributed by atoms with Gasteiger partial charge in [-0.2, -0.15) is 0 Å². The number of aromatic nitrogens is 5. The quantitative estimate of drug-likeness (QED) is 0.538. The molecule has 0 unspecified atom stereocenters. The number of nitrogens with one attached hydrogen (secondary N) is 1. The average molecular weight is 412 g/mol. The Balaban J connectivity index is 1.42. The average Bonchev–Trinajstić information content (AvgIpc) is 3.41. The number of anilines is 1. The van der Waals surface area contributed by atoms with Crippen LogP contribution in [0.2, 0.25) is 0 Å². The summed E-state index contributed by atoms with van der Waals surface area (Å²) in [5.74, 6) is 1.67. The standard InChI is InChI=1S/C24H24N6O/c1-17-8-9-18(23-28-27-22-7-3-2-4-14-30(22)23)15-20(17)26-24(31)21-16-19(10-11-25-21)29-12-5-6-13-29/h5-6,8-13,15-16H,2-4,7,14H2,1H3,(H,26,31). The van der Waals surface area contributed by atoms with Gasteiger partial charge in [-0.05, 0) is 55.7 Å². The highest BCUT2D eigenvalue weighted by Gasteiger charge is 2.17. The summed E-state index contributed by atoms with van der Waals surface area (Å²) in [5.41, 5.74) is 3.95. The number of aryl methyl sites for hydroxylation is 2. The van der Waals surface area contributed by atoms with Crippen molar-refractivity contribution in [1.82, 2.24) is 24.3 Å². The molecule has 1 aromatic carbocycles. The number of rotatable bonds is 4. The number of pyridine rings is 1. The van der Waals surface area contributed by atoms with E-state index in [0.29, 0.717) is 5.69 Å². The summed E-state index contributed by atoms with van der Waals surface area (Å²) in [6.45, 7) is 2.91. The van der Waals surface area contributed by atoms with Gasteiger partial charge < -0.3 is 14.5 Å². The monoisotopic (exact) mass is 412 g/mol. The predicted molar refractivity (Wildman–Crippen MR) is 119 cm³/mol. The third kappa shape index (κ3) is 3.86. The second-order valence-electron chi connectivity index (χ2n) is 7.88. The molecule has 0 bridgehead atoms. The zero-order chi connectivity index (χ0) is 21.2. The van der Waals surface area contributed by atoms with Gasteiger partial charge in [0.15, 0.2) is 5.82 Å². The first-order valence-electron chi connectivity index (χ1n) is 10.6. The number of carbonyl (C=O) groups excluding carboxylic acids is 1. The maximum absolute atomic E-state index is 12.9. The largest absolute Gasteiger partial charge is 0.324 e. The molecular weight excluding hydrogens is 388 g/mol. The van der Waals surface area contributed by atoms with Crippen molar-refractivity contribution < 1.29 is 4.79 Å². The zero-order valence-corrected chi connectivity index (χ0v) is 17.5. The fourth-order valence-electron chi connectivity index (χ4n) is 3.99. The van der Waals surface area contributed by atoms with E-state index in [2.05, 4.69) is 25.1 Å². The van der Waals surface area contributed by atoms with Crippen LogP contribution < -0.4 is 5.32 Å². The van der Waals surface area contributed by atoms with Crippen LogP contribution in [0.4, 0.5) is 5.69 Å². The summed E-state index contributed by atoms with van der Waals surface area (Å²) >= 11 is 0. The first kappa shape index (κ1) is 19.2. The minimum Gasteiger partial charge on any atom is -0.324 e. The lowest BCUT2D eigenvalue weighted by Gasteiger charge is -2.12. The molecule has 3 aromatic heterocycles. The molecule has 4 aromatic rings. The molecule has 0 radical (unpaired) electrons. The number of hydrogen-bond donors (Lipinski definition) is 1. The van der Waals surface area contributed by atoms with Crippen molar-refractivity contribution in [2.24, 2.45) is 0 Å². The Morgan fingerprint density at radius 2 is 1.90 bits per heavy atom. The number of nitrogens with zero attached hydrogens (tertiary/aromatic N) is 5. The Bertz CT molecular complexity index is 1220. The molecular formula is C24H24N6O. The SMILES string of the molecule is Cc1ccc(-c2nnc3n2CCCCC3)cc1NC(=O)c1cc(-n2cccc2)ccn1. The Morgan fingerprint density at radius 1 is 1.03 bits per heavy atom. The van der Waals surface area contributed by atoms with Crippen LogP contribution >= 0.6 is 0 Å². The first-order valence-corrected chi connectivity index (χ1v) is 10.6. The minimum atomic E-state index is -0.241. The van der Waals surface area contributed by atoms with Crippen molar-refractivity contribution in [1.29, 1.82) is 0 Å². The third-order valence-corrected chi connectivity index (χ3v) is 5.73. The summed E-state index contributed by atoms with van der Waals surface area (Å²) in [5, 5.41) is 11.9. The maximum Gasteiger partial charge on any atom is 0.274 e. The number of amides is 1. The van der Waals surface area contributed by atoms with E-state index >= 15 is 0 Å². The molecule has 1 N–H and O–H groups in total. The number of hydrogen-bond acceptors (Lipinski definition) is 4. The lowest BCUT2D eigenvalue weighted by atomic mass is 10.1. The van der Waals surface area contributed by atoms with Gasteiger partial charge in [-0.1, -0.05) is 18.6 Å². The molecule has 0 saturated heterocycles. The molecule has 0 fully saturated rings. The van der Waals surface area contributed by atoms with Gasteiger partial charge >= 0.3 is 0 Å². The Hall–Kier alpha value is -3.74. The van der Waals surface area contributed by atoms with Crippen molar-refractivity contribution in [3.8, 4) is 17.1 Å². The lowest BCUT2D eigenvalue weighted by molar-refractivity contribution is 0.102. The van der Waals surface area contributed by atoms with E-state index in [-0.39, 0.29) is 5.91 Å². The Morgan fingerprint density at radius 3 is 2.77 bits per heavy atom. The van der Waals surface area contributed by atoms with Crippen molar-refractivity contribution in [2.45, 2.75) is 39.2 Å². The molecule has 0 atom stereocenters. The summed E-state index contributed by atoms with van der Waals surface area (Å²) in [6, 6.07) is 13.6. The second kappa shape index (κ2) is 8.18. The van der Waals surface area contributed by atoms with Crippen molar-refractivity contribution in [3.05, 3.63) is 78.1 Å². The van der Waals surface area contributed by atoms with Gasteiger partial charge in [-0.3, -0.25) is 9.78 Å². The van der Waals surface area contributed by atoms with E-state index in [4.69, 9.17) is 0 Å². The van der Waals surface area contributed by atoms with E-state index in [1.54, 1.807) is 12.3 Å². The van der Waals surface area contributed by atoms with E-state index < -0.39 is 0 Å².